The molecule has 35 heavy (non-hydrogen) atoms. The van der Waals surface area contributed by atoms with Crippen molar-refractivity contribution in [1.29, 1.82) is 0 Å². The second-order valence-corrected chi connectivity index (χ2v) is 10.2. The molecule has 3 aromatic carbocycles. The summed E-state index contributed by atoms with van der Waals surface area (Å²) in [4.78, 5) is 26.4. The first-order valence-corrected chi connectivity index (χ1v) is 12.0. The fraction of sp³-hybridized carbons (Fsp3) is 0.167. The van der Waals surface area contributed by atoms with Gasteiger partial charge in [-0.05, 0) is 48.0 Å². The minimum absolute atomic E-state index is 0.0560. The van der Waals surface area contributed by atoms with Gasteiger partial charge in [0.25, 0.3) is 10.8 Å². The number of sulfone groups is 1. The number of hydrogen-bond acceptors (Lipinski definition) is 5. The molecule has 0 bridgehead atoms. The highest BCUT2D eigenvalue weighted by Gasteiger charge is 2.69. The molecule has 0 aliphatic carbocycles. The summed E-state index contributed by atoms with van der Waals surface area (Å²) < 4.78 is 73.6. The number of nitrogens with zero attached hydrogens (tertiary/aromatic N) is 2. The Morgan fingerprint density at radius 2 is 1.66 bits per heavy atom. The van der Waals surface area contributed by atoms with Crippen molar-refractivity contribution in [2.75, 3.05) is 22.7 Å². The van der Waals surface area contributed by atoms with Crippen LogP contribution in [0.1, 0.15) is 11.1 Å². The Morgan fingerprint density at radius 1 is 0.943 bits per heavy atom. The molecule has 0 saturated carbocycles. The van der Waals surface area contributed by atoms with E-state index in [1.807, 2.05) is 0 Å². The molecular weight excluding hydrogens is 485 g/mol. The smallest absolute Gasteiger partial charge is 0.274 e. The van der Waals surface area contributed by atoms with Crippen molar-refractivity contribution in [3.05, 3.63) is 89.2 Å². The summed E-state index contributed by atoms with van der Waals surface area (Å²) in [5, 5.41) is 0. The van der Waals surface area contributed by atoms with Gasteiger partial charge in [-0.15, -0.1) is 0 Å². The van der Waals surface area contributed by atoms with Gasteiger partial charge in [-0.2, -0.15) is 0 Å². The quantitative estimate of drug-likeness (QED) is 0.547. The number of anilines is 2. The lowest BCUT2D eigenvalue weighted by Crippen LogP contribution is -2.54. The van der Waals surface area contributed by atoms with Gasteiger partial charge in [-0.3, -0.25) is 14.5 Å². The molecule has 0 aromatic heterocycles. The van der Waals surface area contributed by atoms with E-state index >= 15 is 0 Å². The monoisotopic (exact) mass is 502 g/mol. The molecule has 2 heterocycles. The van der Waals surface area contributed by atoms with Gasteiger partial charge in [0.1, 0.15) is 17.3 Å². The van der Waals surface area contributed by atoms with Crippen LogP contribution in [0.3, 0.4) is 0 Å². The fourth-order valence-electron chi connectivity index (χ4n) is 4.60. The highest BCUT2D eigenvalue weighted by atomic mass is 32.2. The molecule has 1 saturated heterocycles. The number of halogens is 3. The van der Waals surface area contributed by atoms with E-state index in [2.05, 4.69) is 0 Å². The van der Waals surface area contributed by atoms with Crippen LogP contribution in [0.25, 0.3) is 0 Å². The molecule has 11 heteroatoms. The molecule has 0 radical (unpaired) electrons. The molecule has 1 unspecified atom stereocenters. The van der Waals surface area contributed by atoms with Crippen LogP contribution in [-0.4, -0.2) is 33.1 Å². The number of carbonyl (C=O) groups is 2. The van der Waals surface area contributed by atoms with E-state index in [-0.39, 0.29) is 29.2 Å². The number of methoxy groups -OCH3 is 1. The topological polar surface area (TPSA) is 84.0 Å². The van der Waals surface area contributed by atoms with Crippen LogP contribution in [0.15, 0.2) is 60.7 Å². The molecule has 3 aromatic rings. The van der Waals surface area contributed by atoms with Crippen LogP contribution in [-0.2, 0) is 30.8 Å². The number of carbonyl (C=O) groups excluding carboxylic acids is 2. The molecule has 1 atom stereocenters. The predicted molar refractivity (Wildman–Crippen MR) is 120 cm³/mol. The van der Waals surface area contributed by atoms with E-state index in [0.717, 1.165) is 12.1 Å². The molecular formula is C24H17F3N2O5S. The van der Waals surface area contributed by atoms with E-state index in [1.54, 1.807) is 0 Å². The molecule has 1 spiro atoms. The van der Waals surface area contributed by atoms with Gasteiger partial charge in [0.05, 0.1) is 19.3 Å². The minimum Gasteiger partial charge on any atom is -0.497 e. The lowest BCUT2D eigenvalue weighted by molar-refractivity contribution is -0.123. The fourth-order valence-corrected chi connectivity index (χ4v) is 6.62. The maximum atomic E-state index is 14.1. The summed E-state index contributed by atoms with van der Waals surface area (Å²) in [5.41, 5.74) is 0.339. The Bertz CT molecular complexity index is 1490. The summed E-state index contributed by atoms with van der Waals surface area (Å²) in [7, 11) is -3.17. The van der Waals surface area contributed by atoms with Crippen LogP contribution in [0.2, 0.25) is 0 Å². The van der Waals surface area contributed by atoms with Crippen molar-refractivity contribution in [3.8, 4) is 5.75 Å². The summed E-state index contributed by atoms with van der Waals surface area (Å²) >= 11 is 0. The van der Waals surface area contributed by atoms with E-state index < -0.39 is 49.7 Å². The van der Waals surface area contributed by atoms with Gasteiger partial charge in [0.15, 0.2) is 21.5 Å². The Kier molecular flexibility index (Phi) is 5.13. The number of benzene rings is 3. The number of hydrogen-bond donors (Lipinski definition) is 0. The average Bonchev–Trinajstić information content (AvgIpc) is 3.19. The van der Waals surface area contributed by atoms with Crippen molar-refractivity contribution < 1.29 is 35.9 Å². The lowest BCUT2D eigenvalue weighted by Gasteiger charge is -2.32. The normalized spacial score (nSPS) is 20.6. The largest absolute Gasteiger partial charge is 0.497 e. The lowest BCUT2D eigenvalue weighted by atomic mass is 10.0. The Hall–Kier alpha value is -3.86. The summed E-state index contributed by atoms with van der Waals surface area (Å²) in [6, 6.07) is 12.1. The third-order valence-corrected chi connectivity index (χ3v) is 8.24. The number of fused-ring (bicyclic) bond motifs is 2. The van der Waals surface area contributed by atoms with Gasteiger partial charge >= 0.3 is 0 Å². The molecule has 2 amide bonds. The Morgan fingerprint density at radius 3 is 2.31 bits per heavy atom. The van der Waals surface area contributed by atoms with Crippen molar-refractivity contribution in [3.63, 3.8) is 0 Å². The third kappa shape index (κ3) is 3.22. The van der Waals surface area contributed by atoms with Crippen LogP contribution >= 0.6 is 0 Å². The van der Waals surface area contributed by atoms with E-state index in [4.69, 9.17) is 4.74 Å². The van der Waals surface area contributed by atoms with Crippen LogP contribution in [0, 0.1) is 17.5 Å². The molecule has 2 aliphatic heterocycles. The first-order chi connectivity index (χ1) is 16.6. The Labute approximate surface area is 198 Å². The van der Waals surface area contributed by atoms with Gasteiger partial charge < -0.3 is 9.64 Å². The first kappa shape index (κ1) is 22.9. The van der Waals surface area contributed by atoms with Crippen molar-refractivity contribution in [1.82, 2.24) is 0 Å². The van der Waals surface area contributed by atoms with Crippen molar-refractivity contribution in [2.45, 2.75) is 11.4 Å². The Balaban J connectivity index is 1.77. The molecule has 5 rings (SSSR count). The third-order valence-electron chi connectivity index (χ3n) is 6.14. The maximum absolute atomic E-state index is 14.1. The first-order valence-electron chi connectivity index (χ1n) is 10.4. The van der Waals surface area contributed by atoms with Crippen molar-refractivity contribution >= 4 is 33.0 Å². The molecule has 180 valence electrons. The predicted octanol–water partition coefficient (Wildman–Crippen LogP) is 3.27. The summed E-state index contributed by atoms with van der Waals surface area (Å²) in [5.74, 6) is -5.73. The zero-order valence-electron chi connectivity index (χ0n) is 18.2. The molecule has 1 fully saturated rings. The van der Waals surface area contributed by atoms with E-state index in [1.165, 1.54) is 54.5 Å². The van der Waals surface area contributed by atoms with Crippen molar-refractivity contribution in [2.24, 2.45) is 0 Å². The highest BCUT2D eigenvalue weighted by Crippen LogP contribution is 2.53. The van der Waals surface area contributed by atoms with E-state index in [9.17, 15) is 31.2 Å². The highest BCUT2D eigenvalue weighted by molar-refractivity contribution is 7.94. The number of rotatable bonds is 4. The molecule has 0 N–H and O–H groups in total. The maximum Gasteiger partial charge on any atom is 0.274 e. The van der Waals surface area contributed by atoms with Crippen LogP contribution in [0.5, 0.6) is 5.75 Å². The van der Waals surface area contributed by atoms with Gasteiger partial charge in [0, 0.05) is 17.3 Å². The average molecular weight is 502 g/mol. The van der Waals surface area contributed by atoms with Crippen LogP contribution < -0.4 is 14.5 Å². The summed E-state index contributed by atoms with van der Waals surface area (Å²) in [6.07, 6.45) is 0. The van der Waals surface area contributed by atoms with Gasteiger partial charge in [-0.1, -0.05) is 12.1 Å². The summed E-state index contributed by atoms with van der Waals surface area (Å²) in [6.45, 7) is -0.129. The van der Waals surface area contributed by atoms with Crippen LogP contribution in [0.4, 0.5) is 24.5 Å². The molecule has 7 nitrogen and oxygen atoms in total. The second-order valence-electron chi connectivity index (χ2n) is 8.13. The van der Waals surface area contributed by atoms with Gasteiger partial charge in [-0.25, -0.2) is 21.6 Å². The zero-order chi connectivity index (χ0) is 25.1. The molecule has 2 aliphatic rings. The SMILES string of the molecule is COc1ccc2c(c1)C1(C(=O)N2Cc2ccc(F)cc2)N(c2ccc(F)c(F)c2)C(=O)CS1(=O)=O. The second kappa shape index (κ2) is 7.84. The number of amides is 2. The minimum atomic E-state index is -4.52. The van der Waals surface area contributed by atoms with E-state index in [0.29, 0.717) is 16.5 Å². The number of ether oxygens (including phenoxy) is 1. The zero-order valence-corrected chi connectivity index (χ0v) is 19.0. The standard InChI is InChI=1S/C24H17F3N2O5S/c1-34-17-7-9-21-18(11-17)24(23(31)28(21)12-14-2-4-15(25)5-3-14)29(22(30)13-35(24,32)33)16-6-8-19(26)20(27)10-16/h2-11H,12-13H2,1H3. The van der Waals surface area contributed by atoms with Gasteiger partial charge in [0.2, 0.25) is 5.91 Å².